The predicted molar refractivity (Wildman–Crippen MR) is 78.9 cm³/mol. The zero-order chi connectivity index (χ0) is 14.5. The van der Waals surface area contributed by atoms with E-state index in [2.05, 4.69) is 10.6 Å². The zero-order valence-electron chi connectivity index (χ0n) is 9.87. The summed E-state index contributed by atoms with van der Waals surface area (Å²) in [6.07, 6.45) is -0.639. The molecule has 1 rings (SSSR count). The normalized spacial score (nSPS) is 12.9. The van der Waals surface area contributed by atoms with Gasteiger partial charge in [-0.05, 0) is 18.2 Å². The molecule has 0 radical (unpaired) electrons. The Morgan fingerprint density at radius 3 is 2.58 bits per heavy atom. The fourth-order valence-electron chi connectivity index (χ4n) is 1.23. The second-order valence-corrected chi connectivity index (χ2v) is 6.08. The van der Waals surface area contributed by atoms with Gasteiger partial charge in [0.2, 0.25) is 0 Å². The van der Waals surface area contributed by atoms with E-state index in [9.17, 15) is 9.90 Å². The van der Waals surface area contributed by atoms with Gasteiger partial charge in [-0.3, -0.25) is 4.79 Å². The van der Waals surface area contributed by atoms with Crippen LogP contribution in [-0.2, 0) is 4.79 Å². The van der Waals surface area contributed by atoms with Gasteiger partial charge in [-0.2, -0.15) is 0 Å². The number of carbonyl (C=O) groups excluding carboxylic acids is 1. The molecule has 106 valence electrons. The average molecular weight is 327 g/mol. The summed E-state index contributed by atoms with van der Waals surface area (Å²) in [5, 5.41) is 14.8. The molecule has 1 amide bonds. The molecule has 0 saturated carbocycles. The SMILES string of the molecule is NCC(O)CNc1cccc(NC(=O)C(Cl)(Cl)Cl)c1. The third-order valence-electron chi connectivity index (χ3n) is 2.19. The van der Waals surface area contributed by atoms with Gasteiger partial charge >= 0.3 is 0 Å². The van der Waals surface area contributed by atoms with Crippen LogP contribution in [0.1, 0.15) is 0 Å². The highest BCUT2D eigenvalue weighted by Gasteiger charge is 2.30. The highest BCUT2D eigenvalue weighted by Crippen LogP contribution is 2.28. The van der Waals surface area contributed by atoms with Crippen LogP contribution in [0, 0.1) is 0 Å². The number of aliphatic hydroxyl groups is 1. The lowest BCUT2D eigenvalue weighted by molar-refractivity contribution is -0.115. The molecule has 0 heterocycles. The number of amides is 1. The molecule has 0 fully saturated rings. The van der Waals surface area contributed by atoms with Crippen LogP contribution in [0.25, 0.3) is 0 Å². The lowest BCUT2D eigenvalue weighted by Gasteiger charge is -2.14. The Balaban J connectivity index is 2.64. The number of hydrogen-bond donors (Lipinski definition) is 4. The van der Waals surface area contributed by atoms with Gasteiger partial charge in [0.05, 0.1) is 6.10 Å². The number of aliphatic hydroxyl groups excluding tert-OH is 1. The van der Waals surface area contributed by atoms with Crippen LogP contribution in [0.5, 0.6) is 0 Å². The van der Waals surface area contributed by atoms with Crippen LogP contribution in [0.15, 0.2) is 24.3 Å². The van der Waals surface area contributed by atoms with Crippen LogP contribution >= 0.6 is 34.8 Å². The van der Waals surface area contributed by atoms with Crippen LogP contribution in [-0.4, -0.2) is 34.0 Å². The van der Waals surface area contributed by atoms with E-state index < -0.39 is 15.8 Å². The molecule has 8 heteroatoms. The van der Waals surface area contributed by atoms with Gasteiger partial charge in [-0.1, -0.05) is 40.9 Å². The van der Waals surface area contributed by atoms with Crippen molar-refractivity contribution in [3.05, 3.63) is 24.3 Å². The number of anilines is 2. The second-order valence-electron chi connectivity index (χ2n) is 3.80. The van der Waals surface area contributed by atoms with Gasteiger partial charge in [0, 0.05) is 24.5 Å². The van der Waals surface area contributed by atoms with Crippen molar-refractivity contribution < 1.29 is 9.90 Å². The van der Waals surface area contributed by atoms with Crippen molar-refractivity contribution in [2.45, 2.75) is 9.90 Å². The summed E-state index contributed by atoms with van der Waals surface area (Å²) < 4.78 is -2.01. The third kappa shape index (κ3) is 5.84. The molecular weight excluding hydrogens is 312 g/mol. The molecule has 1 unspecified atom stereocenters. The maximum atomic E-state index is 11.5. The number of nitrogens with one attached hydrogen (secondary N) is 2. The summed E-state index contributed by atoms with van der Waals surface area (Å²) >= 11 is 16.4. The number of benzene rings is 1. The van der Waals surface area contributed by atoms with E-state index in [1.165, 1.54) is 0 Å². The maximum absolute atomic E-state index is 11.5. The molecule has 0 aliphatic carbocycles. The van der Waals surface area contributed by atoms with E-state index in [-0.39, 0.29) is 6.54 Å². The molecule has 19 heavy (non-hydrogen) atoms. The quantitative estimate of drug-likeness (QED) is 0.621. The van der Waals surface area contributed by atoms with Crippen molar-refractivity contribution in [3.8, 4) is 0 Å². The van der Waals surface area contributed by atoms with E-state index in [1.807, 2.05) is 0 Å². The first-order chi connectivity index (χ1) is 8.82. The Morgan fingerprint density at radius 2 is 2.00 bits per heavy atom. The minimum absolute atomic E-state index is 0.163. The fourth-order valence-corrected chi connectivity index (χ4v) is 1.37. The average Bonchev–Trinajstić information content (AvgIpc) is 2.35. The Morgan fingerprint density at radius 1 is 1.37 bits per heavy atom. The Labute approximate surface area is 126 Å². The number of hydrogen-bond acceptors (Lipinski definition) is 4. The van der Waals surface area contributed by atoms with Crippen molar-refractivity contribution in [3.63, 3.8) is 0 Å². The molecule has 1 aromatic carbocycles. The maximum Gasteiger partial charge on any atom is 0.276 e. The van der Waals surface area contributed by atoms with Gasteiger partial charge in [0.25, 0.3) is 9.70 Å². The van der Waals surface area contributed by atoms with Gasteiger partial charge < -0.3 is 21.5 Å². The van der Waals surface area contributed by atoms with E-state index in [0.29, 0.717) is 17.9 Å². The van der Waals surface area contributed by atoms with Crippen molar-refractivity contribution in [1.29, 1.82) is 0 Å². The molecule has 1 atom stereocenters. The highest BCUT2D eigenvalue weighted by molar-refractivity contribution is 6.76. The molecule has 0 saturated heterocycles. The number of halogens is 3. The van der Waals surface area contributed by atoms with Crippen LogP contribution in [0.2, 0.25) is 0 Å². The Bertz CT molecular complexity index is 437. The monoisotopic (exact) mass is 325 g/mol. The van der Waals surface area contributed by atoms with E-state index >= 15 is 0 Å². The lowest BCUT2D eigenvalue weighted by Crippen LogP contribution is -2.28. The summed E-state index contributed by atoms with van der Waals surface area (Å²) in [6, 6.07) is 6.79. The highest BCUT2D eigenvalue weighted by atomic mass is 35.6. The summed E-state index contributed by atoms with van der Waals surface area (Å²) in [5.41, 5.74) is 6.47. The molecule has 0 aromatic heterocycles. The summed E-state index contributed by atoms with van der Waals surface area (Å²) in [5.74, 6) is -0.739. The Kier molecular flexibility index (Phi) is 6.16. The molecule has 0 bridgehead atoms. The second kappa shape index (κ2) is 7.17. The molecule has 1 aromatic rings. The first-order valence-corrected chi connectivity index (χ1v) is 6.56. The third-order valence-corrected chi connectivity index (χ3v) is 2.71. The van der Waals surface area contributed by atoms with Gasteiger partial charge in [0.1, 0.15) is 0 Å². The van der Waals surface area contributed by atoms with Crippen LogP contribution < -0.4 is 16.4 Å². The zero-order valence-corrected chi connectivity index (χ0v) is 12.1. The molecule has 5 N–H and O–H groups in total. The van der Waals surface area contributed by atoms with Crippen molar-refractivity contribution in [2.24, 2.45) is 5.73 Å². The van der Waals surface area contributed by atoms with Crippen molar-refractivity contribution in [2.75, 3.05) is 23.7 Å². The fraction of sp³-hybridized carbons (Fsp3) is 0.364. The summed E-state index contributed by atoms with van der Waals surface area (Å²) in [7, 11) is 0. The van der Waals surface area contributed by atoms with Crippen molar-refractivity contribution >= 4 is 52.1 Å². The van der Waals surface area contributed by atoms with Crippen molar-refractivity contribution in [1.82, 2.24) is 0 Å². The minimum Gasteiger partial charge on any atom is -0.390 e. The van der Waals surface area contributed by atoms with E-state index in [0.717, 1.165) is 0 Å². The van der Waals surface area contributed by atoms with Crippen LogP contribution in [0.4, 0.5) is 11.4 Å². The predicted octanol–water partition coefficient (Wildman–Crippen LogP) is 1.73. The first-order valence-electron chi connectivity index (χ1n) is 5.43. The molecular formula is C11H14Cl3N3O2. The van der Waals surface area contributed by atoms with E-state index in [4.69, 9.17) is 40.5 Å². The molecule has 0 spiro atoms. The van der Waals surface area contributed by atoms with Gasteiger partial charge in [-0.15, -0.1) is 0 Å². The van der Waals surface area contributed by atoms with Crippen LogP contribution in [0.3, 0.4) is 0 Å². The lowest BCUT2D eigenvalue weighted by atomic mass is 10.2. The van der Waals surface area contributed by atoms with Gasteiger partial charge in [0.15, 0.2) is 0 Å². The smallest absolute Gasteiger partial charge is 0.276 e. The first kappa shape index (κ1) is 16.3. The summed E-state index contributed by atoms with van der Waals surface area (Å²) in [6.45, 7) is 0.467. The largest absolute Gasteiger partial charge is 0.390 e. The molecule has 0 aliphatic heterocycles. The topological polar surface area (TPSA) is 87.4 Å². The number of rotatable bonds is 5. The number of carbonyl (C=O) groups is 1. The van der Waals surface area contributed by atoms with Gasteiger partial charge in [-0.25, -0.2) is 0 Å². The number of alkyl halides is 3. The number of nitrogens with two attached hydrogens (primary N) is 1. The molecule has 5 nitrogen and oxygen atoms in total. The standard InChI is InChI=1S/C11H14Cl3N3O2/c12-11(13,14)10(19)17-8-3-1-2-7(4-8)16-6-9(18)5-15/h1-4,9,16,18H,5-6,15H2,(H,17,19). The molecule has 0 aliphatic rings. The minimum atomic E-state index is -2.01. The Hall–Kier alpha value is -0.720. The summed E-state index contributed by atoms with van der Waals surface area (Å²) in [4.78, 5) is 11.5. The van der Waals surface area contributed by atoms with E-state index in [1.54, 1.807) is 24.3 Å².